The summed E-state index contributed by atoms with van der Waals surface area (Å²) in [5, 5.41) is 11.6. The van der Waals surface area contributed by atoms with E-state index in [-0.39, 0.29) is 24.1 Å². The molecule has 0 aliphatic carbocycles. The number of carbonyl (C=O) groups excluding carboxylic acids is 1. The number of benzene rings is 1. The van der Waals surface area contributed by atoms with Gasteiger partial charge in [-0.1, -0.05) is 13.3 Å². The SMILES string of the molecule is CCCC(C)NC(=O)COc1ccc(C(=O)O)cc1. The molecule has 0 saturated heterocycles. The number of aromatic carboxylic acids is 1. The maximum Gasteiger partial charge on any atom is 0.335 e. The Bertz CT molecular complexity index is 428. The first kappa shape index (κ1) is 15.0. The number of amides is 1. The van der Waals surface area contributed by atoms with Crippen molar-refractivity contribution in [2.75, 3.05) is 6.61 Å². The number of carboxylic acids is 1. The summed E-state index contributed by atoms with van der Waals surface area (Å²) in [6.45, 7) is 3.94. The van der Waals surface area contributed by atoms with Crippen LogP contribution in [0.1, 0.15) is 37.0 Å². The van der Waals surface area contributed by atoms with Crippen molar-refractivity contribution in [3.8, 4) is 5.75 Å². The van der Waals surface area contributed by atoms with Crippen molar-refractivity contribution in [2.45, 2.75) is 32.7 Å². The summed E-state index contributed by atoms with van der Waals surface area (Å²) in [7, 11) is 0. The Morgan fingerprint density at radius 2 is 1.95 bits per heavy atom. The quantitative estimate of drug-likeness (QED) is 0.791. The van der Waals surface area contributed by atoms with Gasteiger partial charge in [-0.2, -0.15) is 0 Å². The van der Waals surface area contributed by atoms with Crippen molar-refractivity contribution in [3.63, 3.8) is 0 Å². The van der Waals surface area contributed by atoms with Crippen LogP contribution in [0.15, 0.2) is 24.3 Å². The van der Waals surface area contributed by atoms with E-state index in [1.165, 1.54) is 24.3 Å². The van der Waals surface area contributed by atoms with Gasteiger partial charge in [0.25, 0.3) is 5.91 Å². The summed E-state index contributed by atoms with van der Waals surface area (Å²) in [5.74, 6) is -0.691. The van der Waals surface area contributed by atoms with Crippen molar-refractivity contribution in [1.82, 2.24) is 5.32 Å². The zero-order valence-corrected chi connectivity index (χ0v) is 11.2. The highest BCUT2D eigenvalue weighted by Crippen LogP contribution is 2.11. The summed E-state index contributed by atoms with van der Waals surface area (Å²) in [6, 6.07) is 6.08. The monoisotopic (exact) mass is 265 g/mol. The predicted octanol–water partition coefficient (Wildman–Crippen LogP) is 2.07. The molecule has 1 rings (SSSR count). The van der Waals surface area contributed by atoms with E-state index in [0.29, 0.717) is 5.75 Å². The van der Waals surface area contributed by atoms with Crippen LogP contribution in [-0.4, -0.2) is 29.6 Å². The van der Waals surface area contributed by atoms with Crippen LogP contribution < -0.4 is 10.1 Å². The highest BCUT2D eigenvalue weighted by Gasteiger charge is 2.07. The highest BCUT2D eigenvalue weighted by molar-refractivity contribution is 5.87. The lowest BCUT2D eigenvalue weighted by Crippen LogP contribution is -2.35. The van der Waals surface area contributed by atoms with E-state index in [9.17, 15) is 9.59 Å². The lowest BCUT2D eigenvalue weighted by atomic mass is 10.2. The van der Waals surface area contributed by atoms with Gasteiger partial charge in [0, 0.05) is 6.04 Å². The molecule has 0 heterocycles. The van der Waals surface area contributed by atoms with Crippen molar-refractivity contribution in [2.24, 2.45) is 0 Å². The Balaban J connectivity index is 2.39. The number of carbonyl (C=O) groups is 2. The molecular formula is C14H19NO4. The lowest BCUT2D eigenvalue weighted by Gasteiger charge is -2.13. The summed E-state index contributed by atoms with van der Waals surface area (Å²) >= 11 is 0. The molecule has 5 nitrogen and oxygen atoms in total. The zero-order chi connectivity index (χ0) is 14.3. The molecule has 1 amide bonds. The van der Waals surface area contributed by atoms with Crippen LogP contribution in [0.4, 0.5) is 0 Å². The summed E-state index contributed by atoms with van der Waals surface area (Å²) < 4.78 is 5.28. The fourth-order valence-corrected chi connectivity index (χ4v) is 1.66. The minimum absolute atomic E-state index is 0.0690. The second-order valence-corrected chi connectivity index (χ2v) is 4.38. The zero-order valence-electron chi connectivity index (χ0n) is 11.2. The fraction of sp³-hybridized carbons (Fsp3) is 0.429. The molecule has 104 valence electrons. The Morgan fingerprint density at radius 1 is 1.32 bits per heavy atom. The fourth-order valence-electron chi connectivity index (χ4n) is 1.66. The van der Waals surface area contributed by atoms with Crippen LogP contribution in [0, 0.1) is 0 Å². The van der Waals surface area contributed by atoms with Crippen LogP contribution in [0.2, 0.25) is 0 Å². The van der Waals surface area contributed by atoms with Gasteiger partial charge in [-0.3, -0.25) is 4.79 Å². The summed E-state index contributed by atoms with van der Waals surface area (Å²) in [4.78, 5) is 22.2. The van der Waals surface area contributed by atoms with Gasteiger partial charge in [-0.25, -0.2) is 4.79 Å². The molecule has 0 aliphatic heterocycles. The topological polar surface area (TPSA) is 75.6 Å². The van der Waals surface area contributed by atoms with E-state index in [4.69, 9.17) is 9.84 Å². The highest BCUT2D eigenvalue weighted by atomic mass is 16.5. The van der Waals surface area contributed by atoms with E-state index in [2.05, 4.69) is 12.2 Å². The molecule has 0 fully saturated rings. The third kappa shape index (κ3) is 5.42. The first-order chi connectivity index (χ1) is 9.02. The molecule has 0 saturated carbocycles. The van der Waals surface area contributed by atoms with E-state index < -0.39 is 5.97 Å². The van der Waals surface area contributed by atoms with E-state index in [1.54, 1.807) is 0 Å². The van der Waals surface area contributed by atoms with Crippen LogP contribution in [0.3, 0.4) is 0 Å². The molecule has 1 atom stereocenters. The molecule has 0 aliphatic rings. The van der Waals surface area contributed by atoms with Crippen molar-refractivity contribution < 1.29 is 19.4 Å². The van der Waals surface area contributed by atoms with Gasteiger partial charge < -0.3 is 15.2 Å². The van der Waals surface area contributed by atoms with Gasteiger partial charge in [0.15, 0.2) is 6.61 Å². The third-order valence-electron chi connectivity index (χ3n) is 2.60. The molecule has 2 N–H and O–H groups in total. The number of nitrogens with one attached hydrogen (secondary N) is 1. The smallest absolute Gasteiger partial charge is 0.335 e. The van der Waals surface area contributed by atoms with Crippen molar-refractivity contribution >= 4 is 11.9 Å². The molecule has 1 aromatic carbocycles. The van der Waals surface area contributed by atoms with Gasteiger partial charge in [0.1, 0.15) is 5.75 Å². The standard InChI is InChI=1S/C14H19NO4/c1-3-4-10(2)15-13(16)9-19-12-7-5-11(6-8-12)14(17)18/h5-8,10H,3-4,9H2,1-2H3,(H,15,16)(H,17,18). The van der Waals surface area contributed by atoms with Gasteiger partial charge in [0.05, 0.1) is 5.56 Å². The summed E-state index contributed by atoms with van der Waals surface area (Å²) in [5.41, 5.74) is 0.188. The molecule has 0 bridgehead atoms. The second-order valence-electron chi connectivity index (χ2n) is 4.38. The largest absolute Gasteiger partial charge is 0.484 e. The third-order valence-corrected chi connectivity index (χ3v) is 2.60. The number of carboxylic acid groups (broad SMARTS) is 1. The normalized spacial score (nSPS) is 11.7. The number of rotatable bonds is 7. The Morgan fingerprint density at radius 3 is 2.47 bits per heavy atom. The Labute approximate surface area is 112 Å². The number of ether oxygens (including phenoxy) is 1. The summed E-state index contributed by atoms with van der Waals surface area (Å²) in [6.07, 6.45) is 1.94. The van der Waals surface area contributed by atoms with E-state index in [1.807, 2.05) is 6.92 Å². The Kier molecular flexibility index (Phi) is 5.85. The van der Waals surface area contributed by atoms with Crippen molar-refractivity contribution in [1.29, 1.82) is 0 Å². The van der Waals surface area contributed by atoms with Crippen molar-refractivity contribution in [3.05, 3.63) is 29.8 Å². The van der Waals surface area contributed by atoms with Gasteiger partial charge in [-0.15, -0.1) is 0 Å². The number of hydrogen-bond donors (Lipinski definition) is 2. The van der Waals surface area contributed by atoms with E-state index in [0.717, 1.165) is 12.8 Å². The first-order valence-corrected chi connectivity index (χ1v) is 6.28. The Hall–Kier alpha value is -2.04. The molecule has 0 spiro atoms. The second kappa shape index (κ2) is 7.41. The van der Waals surface area contributed by atoms with Gasteiger partial charge >= 0.3 is 5.97 Å². The molecule has 19 heavy (non-hydrogen) atoms. The van der Waals surface area contributed by atoms with Crippen LogP contribution in [0.25, 0.3) is 0 Å². The minimum atomic E-state index is -0.988. The predicted molar refractivity (Wildman–Crippen MR) is 71.4 cm³/mol. The van der Waals surface area contributed by atoms with Gasteiger partial charge in [0.2, 0.25) is 0 Å². The van der Waals surface area contributed by atoms with Crippen LogP contribution >= 0.6 is 0 Å². The maximum absolute atomic E-state index is 11.5. The average Bonchev–Trinajstić information content (AvgIpc) is 2.37. The molecule has 5 heteroatoms. The molecule has 0 radical (unpaired) electrons. The molecule has 1 aromatic rings. The average molecular weight is 265 g/mol. The minimum Gasteiger partial charge on any atom is -0.484 e. The molecule has 0 aromatic heterocycles. The molecular weight excluding hydrogens is 246 g/mol. The van der Waals surface area contributed by atoms with E-state index >= 15 is 0 Å². The lowest BCUT2D eigenvalue weighted by molar-refractivity contribution is -0.123. The molecule has 1 unspecified atom stereocenters. The van der Waals surface area contributed by atoms with Crippen LogP contribution in [-0.2, 0) is 4.79 Å². The van der Waals surface area contributed by atoms with Gasteiger partial charge in [-0.05, 0) is 37.6 Å². The number of hydrogen-bond acceptors (Lipinski definition) is 3. The maximum atomic E-state index is 11.5. The first-order valence-electron chi connectivity index (χ1n) is 6.28. The van der Waals surface area contributed by atoms with Crippen LogP contribution in [0.5, 0.6) is 5.75 Å².